The van der Waals surface area contributed by atoms with Crippen LogP contribution in [0.3, 0.4) is 0 Å². The van der Waals surface area contributed by atoms with Gasteiger partial charge in [0.15, 0.2) is 0 Å². The first-order valence-corrected chi connectivity index (χ1v) is 9.48. The van der Waals surface area contributed by atoms with Crippen LogP contribution in [0.15, 0.2) is 60.2 Å². The molecule has 0 amide bonds. The van der Waals surface area contributed by atoms with Crippen molar-refractivity contribution in [3.63, 3.8) is 0 Å². The van der Waals surface area contributed by atoms with Crippen molar-refractivity contribution in [3.05, 3.63) is 71.6 Å². The molecule has 3 rings (SSSR count). The third kappa shape index (κ3) is 4.06. The summed E-state index contributed by atoms with van der Waals surface area (Å²) in [5.41, 5.74) is 4.18. The predicted octanol–water partition coefficient (Wildman–Crippen LogP) is 6.64. The number of benzene rings is 1. The average molecular weight is 324 g/mol. The van der Waals surface area contributed by atoms with Gasteiger partial charge in [-0.05, 0) is 80.1 Å². The number of hydrogen-bond donors (Lipinski definition) is 0. The highest BCUT2D eigenvalue weighted by Gasteiger charge is 2.28. The third-order valence-corrected chi connectivity index (χ3v) is 5.93. The van der Waals surface area contributed by atoms with E-state index in [1.165, 1.54) is 49.7 Å². The van der Waals surface area contributed by atoms with E-state index in [1.54, 1.807) is 17.7 Å². The summed E-state index contributed by atoms with van der Waals surface area (Å²) < 4.78 is 13.0. The summed E-state index contributed by atoms with van der Waals surface area (Å²) in [7, 11) is 0. The van der Waals surface area contributed by atoms with E-state index in [0.29, 0.717) is 5.92 Å². The Bertz CT molecular complexity index is 612. The van der Waals surface area contributed by atoms with Gasteiger partial charge in [-0.3, -0.25) is 0 Å². The second-order valence-electron chi connectivity index (χ2n) is 7.44. The first kappa shape index (κ1) is 17.2. The maximum atomic E-state index is 13.0. The van der Waals surface area contributed by atoms with Crippen LogP contribution in [-0.4, -0.2) is 0 Å². The van der Waals surface area contributed by atoms with E-state index in [0.717, 1.165) is 18.3 Å². The SMILES string of the molecule is C=C1C=CC=C(C2CCC(CCc3ccc(F)cc3)CC2)C1CC. The van der Waals surface area contributed by atoms with Crippen LogP contribution in [0.5, 0.6) is 0 Å². The Balaban J connectivity index is 1.50. The number of hydrogen-bond acceptors (Lipinski definition) is 0. The Labute approximate surface area is 146 Å². The summed E-state index contributed by atoms with van der Waals surface area (Å²) in [5.74, 6) is 2.00. The largest absolute Gasteiger partial charge is 0.207 e. The predicted molar refractivity (Wildman–Crippen MR) is 100 cm³/mol. The minimum Gasteiger partial charge on any atom is -0.207 e. The molecule has 0 radical (unpaired) electrons. The van der Waals surface area contributed by atoms with Gasteiger partial charge in [0.2, 0.25) is 0 Å². The Morgan fingerprint density at radius 1 is 1.08 bits per heavy atom. The van der Waals surface area contributed by atoms with Gasteiger partial charge in [-0.25, -0.2) is 4.39 Å². The van der Waals surface area contributed by atoms with Gasteiger partial charge < -0.3 is 0 Å². The van der Waals surface area contributed by atoms with Crippen LogP contribution < -0.4 is 0 Å². The zero-order chi connectivity index (χ0) is 16.9. The standard InChI is InChI=1S/C23H29F/c1-3-22-17(2)5-4-6-23(22)20-13-9-18(10-14-20)7-8-19-11-15-21(24)16-12-19/h4-6,11-12,15-16,18,20,22H,2-3,7-10,13-14H2,1H3. The number of aryl methyl sites for hydroxylation is 1. The molecule has 1 fully saturated rings. The van der Waals surface area contributed by atoms with Crippen molar-refractivity contribution in [1.29, 1.82) is 0 Å². The van der Waals surface area contributed by atoms with E-state index in [9.17, 15) is 4.39 Å². The summed E-state index contributed by atoms with van der Waals surface area (Å²) in [4.78, 5) is 0. The van der Waals surface area contributed by atoms with Gasteiger partial charge in [0.05, 0.1) is 0 Å². The molecule has 0 N–H and O–H groups in total. The first-order chi connectivity index (χ1) is 11.7. The monoisotopic (exact) mass is 324 g/mol. The summed E-state index contributed by atoms with van der Waals surface area (Å²) in [6, 6.07) is 7.01. The molecule has 1 unspecified atom stereocenters. The van der Waals surface area contributed by atoms with Gasteiger partial charge in [0.25, 0.3) is 0 Å². The van der Waals surface area contributed by atoms with Crippen LogP contribution in [0.1, 0.15) is 51.0 Å². The number of rotatable bonds is 5. The van der Waals surface area contributed by atoms with E-state index in [-0.39, 0.29) is 5.82 Å². The lowest BCUT2D eigenvalue weighted by atomic mass is 9.71. The molecule has 0 saturated heterocycles. The smallest absolute Gasteiger partial charge is 0.123 e. The highest BCUT2D eigenvalue weighted by Crippen LogP contribution is 2.41. The van der Waals surface area contributed by atoms with Crippen molar-refractivity contribution in [1.82, 2.24) is 0 Å². The average Bonchev–Trinajstić information content (AvgIpc) is 2.61. The van der Waals surface area contributed by atoms with Crippen molar-refractivity contribution in [2.75, 3.05) is 0 Å². The normalized spacial score (nSPS) is 27.2. The van der Waals surface area contributed by atoms with Crippen LogP contribution in [0.25, 0.3) is 0 Å². The zero-order valence-electron chi connectivity index (χ0n) is 14.8. The van der Waals surface area contributed by atoms with E-state index >= 15 is 0 Å². The van der Waals surface area contributed by atoms with Crippen molar-refractivity contribution >= 4 is 0 Å². The molecule has 2 aliphatic rings. The Morgan fingerprint density at radius 3 is 2.46 bits per heavy atom. The lowest BCUT2D eigenvalue weighted by Gasteiger charge is -2.34. The van der Waals surface area contributed by atoms with Gasteiger partial charge in [0, 0.05) is 5.92 Å². The van der Waals surface area contributed by atoms with Crippen molar-refractivity contribution < 1.29 is 4.39 Å². The van der Waals surface area contributed by atoms with Crippen LogP contribution in [0, 0.1) is 23.6 Å². The van der Waals surface area contributed by atoms with E-state index in [4.69, 9.17) is 0 Å². The van der Waals surface area contributed by atoms with Crippen LogP contribution >= 0.6 is 0 Å². The molecule has 0 heterocycles. The molecule has 0 aromatic heterocycles. The molecule has 1 saturated carbocycles. The summed E-state index contributed by atoms with van der Waals surface area (Å²) in [6.07, 6.45) is 15.5. The van der Waals surface area contributed by atoms with Gasteiger partial charge in [-0.15, -0.1) is 0 Å². The summed E-state index contributed by atoms with van der Waals surface area (Å²) in [6.45, 7) is 6.52. The Hall–Kier alpha value is -1.63. The Morgan fingerprint density at radius 2 is 1.79 bits per heavy atom. The molecule has 1 heteroatoms. The zero-order valence-corrected chi connectivity index (χ0v) is 14.8. The number of allylic oxidation sites excluding steroid dienone is 5. The van der Waals surface area contributed by atoms with Crippen molar-refractivity contribution in [2.45, 2.75) is 51.9 Å². The molecule has 0 bridgehead atoms. The second-order valence-corrected chi connectivity index (χ2v) is 7.44. The lowest BCUT2D eigenvalue weighted by Crippen LogP contribution is -2.22. The molecule has 0 spiro atoms. The molecule has 1 aromatic carbocycles. The fourth-order valence-electron chi connectivity index (χ4n) is 4.45. The van der Waals surface area contributed by atoms with Crippen molar-refractivity contribution in [3.8, 4) is 0 Å². The van der Waals surface area contributed by atoms with Crippen LogP contribution in [0.2, 0.25) is 0 Å². The van der Waals surface area contributed by atoms with Gasteiger partial charge in [-0.1, -0.05) is 49.4 Å². The number of halogens is 1. The summed E-state index contributed by atoms with van der Waals surface area (Å²) in [5, 5.41) is 0. The Kier molecular flexibility index (Phi) is 5.71. The molecule has 128 valence electrons. The van der Waals surface area contributed by atoms with Crippen molar-refractivity contribution in [2.24, 2.45) is 17.8 Å². The fraction of sp³-hybridized carbons (Fsp3) is 0.478. The highest BCUT2D eigenvalue weighted by atomic mass is 19.1. The van der Waals surface area contributed by atoms with E-state index in [2.05, 4.69) is 31.7 Å². The third-order valence-electron chi connectivity index (χ3n) is 5.93. The van der Waals surface area contributed by atoms with E-state index in [1.807, 2.05) is 12.1 Å². The quantitative estimate of drug-likeness (QED) is 0.569. The molecule has 2 aliphatic carbocycles. The molecular weight excluding hydrogens is 295 g/mol. The molecule has 1 aromatic rings. The fourth-order valence-corrected chi connectivity index (χ4v) is 4.45. The van der Waals surface area contributed by atoms with Gasteiger partial charge in [0.1, 0.15) is 5.82 Å². The second kappa shape index (κ2) is 7.96. The first-order valence-electron chi connectivity index (χ1n) is 9.48. The van der Waals surface area contributed by atoms with Crippen LogP contribution in [0.4, 0.5) is 4.39 Å². The molecular formula is C23H29F. The minimum absolute atomic E-state index is 0.138. The maximum absolute atomic E-state index is 13.0. The lowest BCUT2D eigenvalue weighted by molar-refractivity contribution is 0.278. The molecule has 24 heavy (non-hydrogen) atoms. The van der Waals surface area contributed by atoms with Crippen LogP contribution in [-0.2, 0) is 6.42 Å². The minimum atomic E-state index is -0.138. The van der Waals surface area contributed by atoms with Gasteiger partial charge >= 0.3 is 0 Å². The van der Waals surface area contributed by atoms with Gasteiger partial charge in [-0.2, -0.15) is 0 Å². The maximum Gasteiger partial charge on any atom is 0.123 e. The van der Waals surface area contributed by atoms with E-state index < -0.39 is 0 Å². The summed E-state index contributed by atoms with van der Waals surface area (Å²) >= 11 is 0. The molecule has 0 aliphatic heterocycles. The molecule has 0 nitrogen and oxygen atoms in total. The molecule has 1 atom stereocenters. The highest BCUT2D eigenvalue weighted by molar-refractivity contribution is 5.37. The topological polar surface area (TPSA) is 0 Å².